The lowest BCUT2D eigenvalue weighted by molar-refractivity contribution is -0.117. The van der Waals surface area contributed by atoms with Crippen molar-refractivity contribution < 1.29 is 14.3 Å². The second kappa shape index (κ2) is 9.54. The van der Waals surface area contributed by atoms with Crippen LogP contribution >= 0.6 is 27.5 Å². The van der Waals surface area contributed by atoms with Gasteiger partial charge in [-0.15, -0.1) is 0 Å². The molecule has 1 atom stereocenters. The van der Waals surface area contributed by atoms with Crippen molar-refractivity contribution in [3.8, 4) is 0 Å². The van der Waals surface area contributed by atoms with Crippen LogP contribution in [0.15, 0.2) is 33.8 Å². The Morgan fingerprint density at radius 1 is 1.31 bits per heavy atom. The second-order valence-corrected chi connectivity index (χ2v) is 8.95. The average molecular weight is 482 g/mol. The molecule has 1 saturated heterocycles. The van der Waals surface area contributed by atoms with Crippen LogP contribution in [-0.4, -0.2) is 42.9 Å². The van der Waals surface area contributed by atoms with Gasteiger partial charge in [-0.25, -0.2) is 4.98 Å². The van der Waals surface area contributed by atoms with E-state index >= 15 is 0 Å². The number of carbonyl (C=O) groups is 2. The lowest BCUT2D eigenvalue weighted by atomic mass is 9.85. The number of nitrogens with zero attached hydrogens (tertiary/aromatic N) is 2. The van der Waals surface area contributed by atoms with E-state index in [-0.39, 0.29) is 29.1 Å². The largest absolute Gasteiger partial charge is 0.381 e. The van der Waals surface area contributed by atoms with Crippen molar-refractivity contribution >= 4 is 44.8 Å². The summed E-state index contributed by atoms with van der Waals surface area (Å²) in [6, 6.07) is 2.10. The van der Waals surface area contributed by atoms with Crippen LogP contribution in [0.2, 0.25) is 5.15 Å². The number of anilines is 1. The average Bonchev–Trinajstić information content (AvgIpc) is 2.68. The molecule has 0 saturated carbocycles. The molecule has 0 amide bonds. The number of halogens is 2. The van der Waals surface area contributed by atoms with Gasteiger partial charge in [0, 0.05) is 44.7 Å². The lowest BCUT2D eigenvalue weighted by Gasteiger charge is -2.33. The Morgan fingerprint density at radius 3 is 2.66 bits per heavy atom. The first-order chi connectivity index (χ1) is 13.8. The Kier molecular flexibility index (Phi) is 7.30. The molecule has 5 nitrogen and oxygen atoms in total. The molecular weight excluding hydrogens is 456 g/mol. The zero-order valence-electron chi connectivity index (χ0n) is 17.0. The van der Waals surface area contributed by atoms with Gasteiger partial charge in [0.15, 0.2) is 11.6 Å². The molecule has 2 heterocycles. The monoisotopic (exact) mass is 480 g/mol. The van der Waals surface area contributed by atoms with Crippen molar-refractivity contribution in [3.05, 3.63) is 44.7 Å². The van der Waals surface area contributed by atoms with Crippen LogP contribution in [0.25, 0.3) is 0 Å². The number of aromatic nitrogens is 1. The van der Waals surface area contributed by atoms with Gasteiger partial charge >= 0.3 is 0 Å². The third kappa shape index (κ3) is 5.16. The van der Waals surface area contributed by atoms with Gasteiger partial charge in [0.25, 0.3) is 0 Å². The molecular formula is C22H26BrClN2O3. The summed E-state index contributed by atoms with van der Waals surface area (Å²) in [5.41, 5.74) is 3.13. The Morgan fingerprint density at radius 2 is 2.00 bits per heavy atom. The molecule has 0 aromatic carbocycles. The first-order valence-electron chi connectivity index (χ1n) is 9.88. The van der Waals surface area contributed by atoms with Crippen LogP contribution in [0.4, 0.5) is 5.69 Å². The van der Waals surface area contributed by atoms with Gasteiger partial charge in [-0.05, 0) is 60.7 Å². The Labute approximate surface area is 185 Å². The number of Topliss-reactive ketones (excluding diaryl/α,β-unsaturated/α-hetero) is 1. The zero-order valence-corrected chi connectivity index (χ0v) is 19.3. The summed E-state index contributed by atoms with van der Waals surface area (Å²) in [7, 11) is 2.00. The van der Waals surface area contributed by atoms with Crippen LogP contribution in [0, 0.1) is 5.92 Å². The molecule has 1 unspecified atom stereocenters. The predicted octanol–water partition coefficient (Wildman–Crippen LogP) is 5.17. The molecule has 3 rings (SSSR count). The maximum Gasteiger partial charge on any atom is 0.182 e. The zero-order chi connectivity index (χ0) is 21.1. The molecule has 1 aromatic heterocycles. The van der Waals surface area contributed by atoms with E-state index in [4.69, 9.17) is 16.3 Å². The number of rotatable bonds is 6. The van der Waals surface area contributed by atoms with Crippen molar-refractivity contribution in [3.63, 3.8) is 0 Å². The maximum absolute atomic E-state index is 13.0. The van der Waals surface area contributed by atoms with Crippen molar-refractivity contribution in [1.82, 2.24) is 4.98 Å². The van der Waals surface area contributed by atoms with E-state index in [1.54, 1.807) is 12.1 Å². The molecule has 156 valence electrons. The number of hydrogen-bond acceptors (Lipinski definition) is 5. The summed E-state index contributed by atoms with van der Waals surface area (Å²) in [6.07, 6.45) is 6.21. The molecule has 1 aromatic rings. The first kappa shape index (κ1) is 22.2. The minimum atomic E-state index is -0.245. The molecule has 1 fully saturated rings. The second-order valence-electron chi connectivity index (χ2n) is 7.77. The first-order valence-corrected chi connectivity index (χ1v) is 11.0. The third-order valence-electron chi connectivity index (χ3n) is 5.67. The van der Waals surface area contributed by atoms with Crippen LogP contribution in [0.5, 0.6) is 0 Å². The quantitative estimate of drug-likeness (QED) is 0.414. The van der Waals surface area contributed by atoms with Gasteiger partial charge < -0.3 is 9.64 Å². The predicted molar refractivity (Wildman–Crippen MR) is 119 cm³/mol. The normalized spacial score (nSPS) is 20.3. The summed E-state index contributed by atoms with van der Waals surface area (Å²) in [5, 5.41) is 0.286. The van der Waals surface area contributed by atoms with Crippen LogP contribution in [0.3, 0.4) is 0 Å². The molecule has 0 bridgehead atoms. The minimum Gasteiger partial charge on any atom is -0.381 e. The fourth-order valence-electron chi connectivity index (χ4n) is 4.01. The highest BCUT2D eigenvalue weighted by Crippen LogP contribution is 2.34. The Hall–Kier alpha value is -1.50. The van der Waals surface area contributed by atoms with Gasteiger partial charge in [-0.2, -0.15) is 0 Å². The fraction of sp³-hybridized carbons (Fsp3) is 0.500. The molecule has 1 aliphatic carbocycles. The highest BCUT2D eigenvalue weighted by Gasteiger charge is 2.26. The molecule has 29 heavy (non-hydrogen) atoms. The highest BCUT2D eigenvalue weighted by atomic mass is 79.9. The van der Waals surface area contributed by atoms with E-state index in [2.05, 4.69) is 25.8 Å². The number of hydrogen-bond donors (Lipinski definition) is 0. The smallest absolute Gasteiger partial charge is 0.182 e. The number of ketones is 2. The van der Waals surface area contributed by atoms with Crippen molar-refractivity contribution in [2.24, 2.45) is 5.92 Å². The summed E-state index contributed by atoms with van der Waals surface area (Å²) >= 11 is 9.83. The van der Waals surface area contributed by atoms with Gasteiger partial charge in [-0.1, -0.05) is 23.3 Å². The van der Waals surface area contributed by atoms with E-state index in [1.807, 2.05) is 27.0 Å². The maximum atomic E-state index is 13.0. The minimum absolute atomic E-state index is 0.0633. The SMILES string of the molecule is CC1=CC(=O)C(CCC(=O)c2nc(Cl)cc(N(C)C3CCOCC3)c2Br)C(C)=C1. The van der Waals surface area contributed by atoms with Gasteiger partial charge in [0.2, 0.25) is 0 Å². The van der Waals surface area contributed by atoms with E-state index in [1.165, 1.54) is 0 Å². The standard InChI is InChI=1S/C22H26BrClN2O3/c1-13-10-14(2)16(19(28)11-13)4-5-18(27)22-21(23)17(12-20(24)25-22)26(3)15-6-8-29-9-7-15/h10-12,15-16H,4-9H2,1-3H3. The van der Waals surface area contributed by atoms with Crippen LogP contribution in [0.1, 0.15) is 50.0 Å². The van der Waals surface area contributed by atoms with Crippen molar-refractivity contribution in [1.29, 1.82) is 0 Å². The fourth-order valence-corrected chi connectivity index (χ4v) is 4.90. The molecule has 0 spiro atoms. The van der Waals surface area contributed by atoms with E-state index < -0.39 is 0 Å². The van der Waals surface area contributed by atoms with Gasteiger partial charge in [0.05, 0.1) is 10.2 Å². The number of pyridine rings is 1. The highest BCUT2D eigenvalue weighted by molar-refractivity contribution is 9.10. The molecule has 2 aliphatic rings. The topological polar surface area (TPSA) is 59.5 Å². The third-order valence-corrected chi connectivity index (χ3v) is 6.64. The Bertz CT molecular complexity index is 875. The summed E-state index contributed by atoms with van der Waals surface area (Å²) < 4.78 is 6.10. The summed E-state index contributed by atoms with van der Waals surface area (Å²) in [5.74, 6) is -0.300. The summed E-state index contributed by atoms with van der Waals surface area (Å²) in [4.78, 5) is 31.7. The number of allylic oxidation sites excluding steroid dienone is 4. The number of carbonyl (C=O) groups excluding carboxylic acids is 2. The van der Waals surface area contributed by atoms with Gasteiger partial charge in [-0.3, -0.25) is 9.59 Å². The Balaban J connectivity index is 1.76. The molecule has 0 N–H and O–H groups in total. The van der Waals surface area contributed by atoms with Crippen molar-refractivity contribution in [2.75, 3.05) is 25.2 Å². The van der Waals surface area contributed by atoms with Crippen LogP contribution < -0.4 is 4.90 Å². The van der Waals surface area contributed by atoms with E-state index in [0.717, 1.165) is 42.9 Å². The van der Waals surface area contributed by atoms with Gasteiger partial charge in [0.1, 0.15) is 10.8 Å². The van der Waals surface area contributed by atoms with E-state index in [0.29, 0.717) is 22.6 Å². The van der Waals surface area contributed by atoms with Crippen LogP contribution in [-0.2, 0) is 9.53 Å². The molecule has 1 aliphatic heterocycles. The van der Waals surface area contributed by atoms with E-state index in [9.17, 15) is 9.59 Å². The molecule has 7 heteroatoms. The summed E-state index contributed by atoms with van der Waals surface area (Å²) in [6.45, 7) is 5.31. The molecule has 0 radical (unpaired) electrons. The van der Waals surface area contributed by atoms with Crippen molar-refractivity contribution in [2.45, 2.75) is 45.6 Å². The number of ether oxygens (including phenoxy) is 1. The lowest BCUT2D eigenvalue weighted by Crippen LogP contribution is -2.37.